The average molecular weight is 502 g/mol. The van der Waals surface area contributed by atoms with E-state index in [1.807, 2.05) is 32.6 Å². The predicted octanol–water partition coefficient (Wildman–Crippen LogP) is 4.65. The second kappa shape index (κ2) is 9.75. The van der Waals surface area contributed by atoms with Gasteiger partial charge < -0.3 is 23.8 Å². The second-order valence-electron chi connectivity index (χ2n) is 10.9. The Morgan fingerprint density at radius 2 is 1.89 bits per heavy atom. The van der Waals surface area contributed by atoms with Gasteiger partial charge in [0.15, 0.2) is 0 Å². The largest absolute Gasteiger partial charge is 0.462 e. The van der Waals surface area contributed by atoms with Gasteiger partial charge in [-0.15, -0.1) is 0 Å². The van der Waals surface area contributed by atoms with Gasteiger partial charge in [0.2, 0.25) is 0 Å². The van der Waals surface area contributed by atoms with Crippen molar-refractivity contribution in [3.63, 3.8) is 0 Å². The molecular formula is C27H36FN3O5. The summed E-state index contributed by atoms with van der Waals surface area (Å²) in [6.07, 6.45) is 2.12. The van der Waals surface area contributed by atoms with E-state index in [1.54, 1.807) is 23.4 Å². The van der Waals surface area contributed by atoms with Crippen LogP contribution in [0.5, 0.6) is 0 Å². The van der Waals surface area contributed by atoms with E-state index in [9.17, 15) is 14.4 Å². The summed E-state index contributed by atoms with van der Waals surface area (Å²) < 4.78 is 27.7. The maximum Gasteiger partial charge on any atom is 0.410 e. The van der Waals surface area contributed by atoms with E-state index in [-0.39, 0.29) is 35.8 Å². The second-order valence-corrected chi connectivity index (χ2v) is 10.9. The normalized spacial score (nSPS) is 18.0. The minimum atomic E-state index is -0.683. The van der Waals surface area contributed by atoms with Crippen molar-refractivity contribution in [2.24, 2.45) is 5.92 Å². The number of carbonyl (C=O) groups is 2. The molecule has 2 aliphatic rings. The molecule has 1 aliphatic carbocycles. The van der Waals surface area contributed by atoms with Crippen LogP contribution in [0.25, 0.3) is 10.9 Å². The predicted molar refractivity (Wildman–Crippen MR) is 136 cm³/mol. The fraction of sp³-hybridized carbons (Fsp3) is 0.593. The Morgan fingerprint density at radius 1 is 1.19 bits per heavy atom. The van der Waals surface area contributed by atoms with Crippen molar-refractivity contribution in [1.29, 1.82) is 0 Å². The summed E-state index contributed by atoms with van der Waals surface area (Å²) in [5, 5.41) is 0.517. The molecule has 4 rings (SSSR count). The van der Waals surface area contributed by atoms with E-state index in [0.29, 0.717) is 41.8 Å². The lowest BCUT2D eigenvalue weighted by atomic mass is 10.0. The summed E-state index contributed by atoms with van der Waals surface area (Å²) >= 11 is 0. The van der Waals surface area contributed by atoms with Crippen molar-refractivity contribution >= 4 is 28.7 Å². The Bertz CT molecular complexity index is 1240. The molecule has 0 N–H and O–H groups in total. The van der Waals surface area contributed by atoms with E-state index >= 15 is 4.39 Å². The number of anilines is 1. The van der Waals surface area contributed by atoms with Crippen molar-refractivity contribution in [1.82, 2.24) is 9.47 Å². The third-order valence-corrected chi connectivity index (χ3v) is 6.73. The van der Waals surface area contributed by atoms with Gasteiger partial charge in [-0.25, -0.2) is 14.0 Å². The number of rotatable bonds is 6. The smallest absolute Gasteiger partial charge is 0.410 e. The number of hydrogen-bond donors (Lipinski definition) is 0. The molecule has 9 heteroatoms. The molecule has 1 atom stereocenters. The molecule has 1 aliphatic heterocycles. The van der Waals surface area contributed by atoms with Crippen LogP contribution < -0.4 is 10.5 Å². The summed E-state index contributed by atoms with van der Waals surface area (Å²) in [4.78, 5) is 41.7. The number of pyridine rings is 1. The molecule has 1 saturated carbocycles. The van der Waals surface area contributed by atoms with Crippen LogP contribution in [0.15, 0.2) is 16.9 Å². The first-order valence-corrected chi connectivity index (χ1v) is 12.7. The van der Waals surface area contributed by atoms with Gasteiger partial charge in [-0.3, -0.25) is 4.79 Å². The lowest BCUT2D eigenvalue weighted by molar-refractivity contribution is 0.0277. The van der Waals surface area contributed by atoms with Gasteiger partial charge >= 0.3 is 12.1 Å². The van der Waals surface area contributed by atoms with Gasteiger partial charge in [-0.1, -0.05) is 0 Å². The van der Waals surface area contributed by atoms with Crippen LogP contribution in [0.3, 0.4) is 0 Å². The van der Waals surface area contributed by atoms with Crippen molar-refractivity contribution in [3.8, 4) is 0 Å². The molecule has 1 aromatic carbocycles. The molecule has 1 unspecified atom stereocenters. The van der Waals surface area contributed by atoms with E-state index in [2.05, 4.69) is 0 Å². The molecular weight excluding hydrogens is 465 g/mol. The Labute approximate surface area is 210 Å². The van der Waals surface area contributed by atoms with Gasteiger partial charge in [0, 0.05) is 38.1 Å². The third-order valence-electron chi connectivity index (χ3n) is 6.73. The van der Waals surface area contributed by atoms with Crippen LogP contribution in [0, 0.1) is 18.7 Å². The summed E-state index contributed by atoms with van der Waals surface area (Å²) in [6, 6.07) is 2.87. The van der Waals surface area contributed by atoms with Gasteiger partial charge in [0.05, 0.1) is 17.8 Å². The maximum atomic E-state index is 15.5. The Morgan fingerprint density at radius 3 is 2.50 bits per heavy atom. The average Bonchev–Trinajstić information content (AvgIpc) is 3.51. The molecule has 0 bridgehead atoms. The molecule has 1 aromatic heterocycles. The van der Waals surface area contributed by atoms with Crippen LogP contribution in [-0.2, 0) is 9.47 Å². The van der Waals surface area contributed by atoms with Crippen LogP contribution in [-0.4, -0.2) is 60.4 Å². The van der Waals surface area contributed by atoms with E-state index in [0.717, 1.165) is 19.3 Å². The first-order valence-electron chi connectivity index (χ1n) is 12.7. The number of benzene rings is 1. The maximum absolute atomic E-state index is 15.5. The number of hydrogen-bond acceptors (Lipinski definition) is 6. The van der Waals surface area contributed by atoms with Gasteiger partial charge in [-0.05, 0) is 77.5 Å². The van der Waals surface area contributed by atoms with E-state index in [4.69, 9.17) is 9.47 Å². The van der Waals surface area contributed by atoms with Crippen LogP contribution in [0.2, 0.25) is 0 Å². The van der Waals surface area contributed by atoms with Crippen molar-refractivity contribution in [2.45, 2.75) is 65.5 Å². The number of ether oxygens (including phenoxy) is 2. The molecule has 196 valence electrons. The monoisotopic (exact) mass is 501 g/mol. The molecule has 2 aromatic rings. The number of aryl methyl sites for hydroxylation is 1. The Hall–Kier alpha value is -3.10. The standard InChI is InChI=1S/C27H36FN3O5/c1-7-35-25(33)20-12-18-13-21(28)23(16(2)22(18)31(24(20)32)19-8-9-19)30-11-10-17(15-30)14-29(6)26(34)36-27(3,4)5/h12-13,17,19H,7-11,14-15H2,1-6H3. The van der Waals surface area contributed by atoms with Crippen LogP contribution in [0.1, 0.15) is 68.9 Å². The molecule has 2 heterocycles. The number of carbonyl (C=O) groups excluding carboxylic acids is 2. The highest BCUT2D eigenvalue weighted by molar-refractivity contribution is 5.96. The van der Waals surface area contributed by atoms with Crippen LogP contribution >= 0.6 is 0 Å². The van der Waals surface area contributed by atoms with Crippen molar-refractivity contribution in [2.75, 3.05) is 38.2 Å². The van der Waals surface area contributed by atoms with E-state index < -0.39 is 17.4 Å². The van der Waals surface area contributed by atoms with Gasteiger partial charge in [-0.2, -0.15) is 0 Å². The number of aromatic nitrogens is 1. The molecule has 1 amide bonds. The van der Waals surface area contributed by atoms with Crippen molar-refractivity contribution in [3.05, 3.63) is 39.4 Å². The fourth-order valence-electron chi connectivity index (χ4n) is 5.07. The summed E-state index contributed by atoms with van der Waals surface area (Å²) in [5.41, 5.74) is 0.814. The quantitative estimate of drug-likeness (QED) is 0.536. The first kappa shape index (κ1) is 26.0. The number of nitrogens with zero attached hydrogens (tertiary/aromatic N) is 3. The molecule has 8 nitrogen and oxygen atoms in total. The Balaban J connectivity index is 1.64. The SMILES string of the molecule is CCOC(=O)c1cc2cc(F)c(N3CCC(CN(C)C(=O)OC(C)(C)C)C3)c(C)c2n(C2CC2)c1=O. The number of esters is 1. The highest BCUT2D eigenvalue weighted by Gasteiger charge is 2.33. The highest BCUT2D eigenvalue weighted by atomic mass is 19.1. The van der Waals surface area contributed by atoms with Crippen LogP contribution in [0.4, 0.5) is 14.9 Å². The van der Waals surface area contributed by atoms with Gasteiger partial charge in [0.25, 0.3) is 5.56 Å². The van der Waals surface area contributed by atoms with E-state index in [1.165, 1.54) is 12.1 Å². The highest BCUT2D eigenvalue weighted by Crippen LogP contribution is 2.40. The number of amides is 1. The minimum absolute atomic E-state index is 0.000178. The minimum Gasteiger partial charge on any atom is -0.462 e. The Kier molecular flexibility index (Phi) is 7.03. The summed E-state index contributed by atoms with van der Waals surface area (Å²) in [5.74, 6) is -0.914. The molecule has 2 fully saturated rings. The lowest BCUT2D eigenvalue weighted by Crippen LogP contribution is -2.37. The first-order chi connectivity index (χ1) is 16.9. The topological polar surface area (TPSA) is 81.1 Å². The lowest BCUT2D eigenvalue weighted by Gasteiger charge is -2.27. The summed E-state index contributed by atoms with van der Waals surface area (Å²) in [7, 11) is 1.72. The summed E-state index contributed by atoms with van der Waals surface area (Å²) in [6.45, 7) is 10.9. The molecule has 36 heavy (non-hydrogen) atoms. The molecule has 0 radical (unpaired) electrons. The zero-order valence-electron chi connectivity index (χ0n) is 22.0. The third kappa shape index (κ3) is 5.20. The van der Waals surface area contributed by atoms with Crippen molar-refractivity contribution < 1.29 is 23.5 Å². The molecule has 1 saturated heterocycles. The number of fused-ring (bicyclic) bond motifs is 1. The number of halogens is 1. The zero-order valence-corrected chi connectivity index (χ0v) is 22.0. The fourth-order valence-corrected chi connectivity index (χ4v) is 5.07. The zero-order chi connectivity index (χ0) is 26.4. The molecule has 0 spiro atoms. The van der Waals surface area contributed by atoms with Gasteiger partial charge in [0.1, 0.15) is 17.0 Å².